The average Bonchev–Trinajstić information content (AvgIpc) is 3.04. The van der Waals surface area contributed by atoms with E-state index in [-0.39, 0.29) is 24.4 Å². The summed E-state index contributed by atoms with van der Waals surface area (Å²) < 4.78 is 0. The number of rotatable bonds is 4. The summed E-state index contributed by atoms with van der Waals surface area (Å²) in [6.45, 7) is 26.5. The lowest BCUT2D eigenvalue weighted by Gasteiger charge is -2.26. The lowest BCUT2D eigenvalue weighted by Crippen LogP contribution is -2.27. The van der Waals surface area contributed by atoms with Crippen LogP contribution >= 0.6 is 12.4 Å². The Balaban J connectivity index is -0.000000231. The van der Waals surface area contributed by atoms with Crippen molar-refractivity contribution in [3.8, 4) is 0 Å². The Kier molecular flexibility index (Phi) is 35.9. The van der Waals surface area contributed by atoms with Crippen molar-refractivity contribution < 1.29 is 9.90 Å². The largest absolute Gasteiger partial charge is 0.393 e. The quantitative estimate of drug-likeness (QED) is 0.317. The fraction of sp³-hybridized carbons (Fsp3) is 0.525. The SMILES string of the molecule is CC.CC.CC.CCC(C)Cc1ccccc1.CCC(C)O.C[C@H]1Cc2ccccc2C(=O)[C@@H]1C.Cc1ccccc1.Cl. The van der Waals surface area contributed by atoms with Gasteiger partial charge in [-0.05, 0) is 56.1 Å². The molecule has 1 aliphatic carbocycles. The highest BCUT2D eigenvalue weighted by Gasteiger charge is 2.28. The van der Waals surface area contributed by atoms with Gasteiger partial charge in [-0.15, -0.1) is 12.4 Å². The first-order chi connectivity index (χ1) is 20.2. The minimum Gasteiger partial charge on any atom is -0.393 e. The highest BCUT2D eigenvalue weighted by molar-refractivity contribution is 6.00. The van der Waals surface area contributed by atoms with Crippen molar-refractivity contribution in [1.82, 2.24) is 0 Å². The third kappa shape index (κ3) is 23.7. The molecular formula is C40H67ClO2. The third-order valence-corrected chi connectivity index (χ3v) is 6.75. The predicted octanol–water partition coefficient (Wildman–Crippen LogP) is 12.2. The number of aliphatic hydroxyl groups excluding tert-OH is 1. The highest BCUT2D eigenvalue weighted by atomic mass is 35.5. The zero-order valence-corrected chi connectivity index (χ0v) is 30.8. The lowest BCUT2D eigenvalue weighted by atomic mass is 9.77. The molecule has 0 saturated heterocycles. The van der Waals surface area contributed by atoms with Gasteiger partial charge in [0.15, 0.2) is 5.78 Å². The van der Waals surface area contributed by atoms with Gasteiger partial charge in [0.2, 0.25) is 0 Å². The Hall–Kier alpha value is -2.42. The first-order valence-corrected chi connectivity index (χ1v) is 16.5. The molecule has 0 fully saturated rings. The Labute approximate surface area is 274 Å². The fourth-order valence-corrected chi connectivity index (χ4v) is 3.66. The van der Waals surface area contributed by atoms with Crippen LogP contribution < -0.4 is 0 Å². The van der Waals surface area contributed by atoms with Gasteiger partial charge in [-0.25, -0.2) is 0 Å². The third-order valence-electron chi connectivity index (χ3n) is 6.75. The van der Waals surface area contributed by atoms with Crippen molar-refractivity contribution in [2.75, 3.05) is 0 Å². The lowest BCUT2D eigenvalue weighted by molar-refractivity contribution is 0.0877. The summed E-state index contributed by atoms with van der Waals surface area (Å²) in [5, 5.41) is 8.36. The van der Waals surface area contributed by atoms with Crippen molar-refractivity contribution in [1.29, 1.82) is 0 Å². The molecule has 2 nitrogen and oxygen atoms in total. The van der Waals surface area contributed by atoms with Gasteiger partial charge in [-0.3, -0.25) is 4.79 Å². The smallest absolute Gasteiger partial charge is 0.166 e. The van der Waals surface area contributed by atoms with E-state index >= 15 is 0 Å². The van der Waals surface area contributed by atoms with Gasteiger partial charge in [0.25, 0.3) is 0 Å². The molecule has 4 atom stereocenters. The van der Waals surface area contributed by atoms with Crippen molar-refractivity contribution in [3.63, 3.8) is 0 Å². The molecule has 0 aliphatic heterocycles. The molecule has 0 aromatic heterocycles. The van der Waals surface area contributed by atoms with E-state index in [4.69, 9.17) is 5.11 Å². The molecular weight excluding hydrogens is 548 g/mol. The Morgan fingerprint density at radius 1 is 0.721 bits per heavy atom. The number of aliphatic hydroxyl groups is 1. The Morgan fingerprint density at radius 3 is 1.53 bits per heavy atom. The van der Waals surface area contributed by atoms with Crippen LogP contribution in [0.4, 0.5) is 0 Å². The highest BCUT2D eigenvalue weighted by Crippen LogP contribution is 2.29. The summed E-state index contributed by atoms with van der Waals surface area (Å²) in [5.74, 6) is 1.81. The van der Waals surface area contributed by atoms with Crippen LogP contribution in [0.2, 0.25) is 0 Å². The molecule has 1 aliphatic rings. The standard InChI is InChI=1S/C12H14O.C11H16.C7H8.C4H10O.3C2H6.ClH/c1-8-7-10-5-3-4-6-11(10)12(13)9(8)2;1-3-10(2)9-11-7-5-4-6-8-11;1-7-5-3-2-4-6-7;1-3-4(2)5;3*1-2;/h3-6,8-9H,7H2,1-2H3;4-8,10H,3,9H2,1-2H3;2-6H,1H3;4-5H,3H2,1-2H3;3*1-2H3;1H/t8-,9+;;;;;;;/m0......./s1. The maximum Gasteiger partial charge on any atom is 0.166 e. The molecule has 246 valence electrons. The number of aryl methyl sites for hydroxylation is 1. The van der Waals surface area contributed by atoms with Crippen molar-refractivity contribution in [2.45, 2.75) is 122 Å². The van der Waals surface area contributed by atoms with Gasteiger partial charge < -0.3 is 5.11 Å². The van der Waals surface area contributed by atoms with E-state index in [0.717, 1.165) is 24.3 Å². The zero-order chi connectivity index (χ0) is 32.9. The van der Waals surface area contributed by atoms with Gasteiger partial charge in [0.1, 0.15) is 0 Å². The molecule has 1 N–H and O–H groups in total. The molecule has 0 spiro atoms. The molecule has 3 aromatic rings. The van der Waals surface area contributed by atoms with E-state index in [2.05, 4.69) is 76.2 Å². The molecule has 4 rings (SSSR count). The van der Waals surface area contributed by atoms with Crippen LogP contribution in [0.5, 0.6) is 0 Å². The van der Waals surface area contributed by atoms with Crippen LogP contribution in [0.15, 0.2) is 84.9 Å². The summed E-state index contributed by atoms with van der Waals surface area (Å²) >= 11 is 0. The molecule has 43 heavy (non-hydrogen) atoms. The summed E-state index contributed by atoms with van der Waals surface area (Å²) in [6, 6.07) is 28.9. The number of Topliss-reactive ketones (excluding diaryl/α,β-unsaturated/α-hetero) is 1. The second kappa shape index (κ2) is 32.5. The van der Waals surface area contributed by atoms with E-state index in [1.807, 2.05) is 91.8 Å². The normalized spacial score (nSPS) is 15.1. The van der Waals surface area contributed by atoms with Gasteiger partial charge in [-0.2, -0.15) is 0 Å². The Morgan fingerprint density at radius 2 is 1.14 bits per heavy atom. The average molecular weight is 615 g/mol. The maximum atomic E-state index is 11.8. The number of hydrogen-bond donors (Lipinski definition) is 1. The van der Waals surface area contributed by atoms with Crippen molar-refractivity contribution in [3.05, 3.63) is 107 Å². The van der Waals surface area contributed by atoms with E-state index in [0.29, 0.717) is 11.7 Å². The van der Waals surface area contributed by atoms with Crippen molar-refractivity contribution in [2.24, 2.45) is 17.8 Å². The summed E-state index contributed by atoms with van der Waals surface area (Å²) in [4.78, 5) is 11.8. The second-order valence-corrected chi connectivity index (χ2v) is 10.1. The number of fused-ring (bicyclic) bond motifs is 1. The number of benzene rings is 3. The van der Waals surface area contributed by atoms with Crippen molar-refractivity contribution >= 4 is 18.2 Å². The number of ketones is 1. The number of carbonyl (C=O) groups excluding carboxylic acids is 1. The van der Waals surface area contributed by atoms with E-state index in [1.54, 1.807) is 6.92 Å². The molecule has 3 heteroatoms. The van der Waals surface area contributed by atoms with Gasteiger partial charge in [0, 0.05) is 11.5 Å². The maximum absolute atomic E-state index is 11.8. The monoisotopic (exact) mass is 614 g/mol. The van der Waals surface area contributed by atoms with Crippen LogP contribution in [0.25, 0.3) is 0 Å². The molecule has 3 aromatic carbocycles. The second-order valence-electron chi connectivity index (χ2n) is 10.1. The number of carbonyl (C=O) groups is 1. The fourth-order valence-electron chi connectivity index (χ4n) is 3.66. The minimum atomic E-state index is -0.116. The molecule has 0 saturated carbocycles. The van der Waals surface area contributed by atoms with Crippen LogP contribution in [-0.4, -0.2) is 17.0 Å². The van der Waals surface area contributed by atoms with Crippen LogP contribution in [0, 0.1) is 24.7 Å². The molecule has 2 unspecified atom stereocenters. The Bertz CT molecular complexity index is 970. The number of hydrogen-bond acceptors (Lipinski definition) is 2. The van der Waals surface area contributed by atoms with Crippen LogP contribution in [-0.2, 0) is 12.8 Å². The van der Waals surface area contributed by atoms with Gasteiger partial charge in [-0.1, -0.05) is 173 Å². The topological polar surface area (TPSA) is 37.3 Å². The molecule has 0 amide bonds. The summed E-state index contributed by atoms with van der Waals surface area (Å²) in [7, 11) is 0. The van der Waals surface area contributed by atoms with Crippen LogP contribution in [0.1, 0.15) is 123 Å². The predicted molar refractivity (Wildman–Crippen MR) is 197 cm³/mol. The molecule has 0 radical (unpaired) electrons. The van der Waals surface area contributed by atoms with E-state index in [1.165, 1.54) is 29.5 Å². The summed E-state index contributed by atoms with van der Waals surface area (Å²) in [5.41, 5.74) is 4.94. The minimum absolute atomic E-state index is 0. The van der Waals surface area contributed by atoms with Gasteiger partial charge in [0.05, 0.1) is 6.10 Å². The van der Waals surface area contributed by atoms with Gasteiger partial charge >= 0.3 is 0 Å². The molecule has 0 heterocycles. The zero-order valence-electron chi connectivity index (χ0n) is 30.0. The van der Waals surface area contributed by atoms with Crippen LogP contribution in [0.3, 0.4) is 0 Å². The molecule has 0 bridgehead atoms. The first-order valence-electron chi connectivity index (χ1n) is 16.5. The van der Waals surface area contributed by atoms with E-state index < -0.39 is 0 Å². The number of halogens is 1. The van der Waals surface area contributed by atoms with E-state index in [9.17, 15) is 4.79 Å². The first kappa shape index (κ1) is 47.5. The summed E-state index contributed by atoms with van der Waals surface area (Å²) in [6.07, 6.45) is 4.28.